The number of hydrogen-bond acceptors (Lipinski definition) is 1. The van der Waals surface area contributed by atoms with Gasteiger partial charge < -0.3 is 5.32 Å². The molecule has 0 aliphatic rings. The number of hydrogen-bond donors (Lipinski definition) is 1. The average Bonchev–Trinajstić information content (AvgIpc) is 1.27. The van der Waals surface area contributed by atoms with E-state index in [0.717, 1.165) is 0 Å². The average molecular weight is 101 g/mol. The Bertz CT molecular complexity index is 70.1. The normalized spacial score (nSPS) is 9.00. The highest BCUT2D eigenvalue weighted by Gasteiger charge is 1.92. The highest BCUT2D eigenvalue weighted by atomic mass is 16.2. The standard InChI is InChI=1S/C4H9N2O/c1-3(2)6-4(5)7/h3,5H,1-2H3,(H,6,7). The van der Waals surface area contributed by atoms with Crippen LogP contribution in [0.4, 0.5) is 4.79 Å². The molecule has 0 fully saturated rings. The number of rotatable bonds is 1. The molecule has 0 unspecified atom stereocenters. The van der Waals surface area contributed by atoms with Crippen LogP contribution in [0.1, 0.15) is 13.8 Å². The first-order valence-electron chi connectivity index (χ1n) is 2.15. The molecule has 0 atom stereocenters. The van der Waals surface area contributed by atoms with Gasteiger partial charge in [-0.2, -0.15) is 0 Å². The summed E-state index contributed by atoms with van der Waals surface area (Å²) in [6.45, 7) is 3.62. The van der Waals surface area contributed by atoms with Crippen molar-refractivity contribution in [3.8, 4) is 0 Å². The predicted octanol–water partition coefficient (Wildman–Crippen LogP) is 0.387. The van der Waals surface area contributed by atoms with Crippen LogP contribution in [-0.4, -0.2) is 12.1 Å². The van der Waals surface area contributed by atoms with E-state index in [1.807, 2.05) is 13.8 Å². The van der Waals surface area contributed by atoms with E-state index in [4.69, 9.17) is 5.73 Å². The summed E-state index contributed by atoms with van der Waals surface area (Å²) in [7, 11) is 0. The van der Waals surface area contributed by atoms with Gasteiger partial charge >= 0.3 is 6.03 Å². The largest absolute Gasteiger partial charge is 0.335 e. The molecule has 41 valence electrons. The second-order valence-electron chi connectivity index (χ2n) is 1.63. The van der Waals surface area contributed by atoms with Gasteiger partial charge in [-0.25, -0.2) is 10.5 Å². The van der Waals surface area contributed by atoms with Gasteiger partial charge in [0.05, 0.1) is 0 Å². The van der Waals surface area contributed by atoms with Crippen molar-refractivity contribution >= 4 is 6.03 Å². The fourth-order valence-electron chi connectivity index (χ4n) is 0.262. The van der Waals surface area contributed by atoms with Crippen molar-refractivity contribution in [1.82, 2.24) is 11.1 Å². The van der Waals surface area contributed by atoms with Crippen LogP contribution in [0.2, 0.25) is 0 Å². The number of carbonyl (C=O) groups is 1. The van der Waals surface area contributed by atoms with Crippen LogP contribution in [0, 0.1) is 0 Å². The molecule has 2 N–H and O–H groups in total. The first kappa shape index (κ1) is 6.27. The molecule has 2 amide bonds. The molecule has 0 bridgehead atoms. The maximum absolute atomic E-state index is 9.81. The lowest BCUT2D eigenvalue weighted by Crippen LogP contribution is -2.29. The van der Waals surface area contributed by atoms with Gasteiger partial charge in [0, 0.05) is 6.04 Å². The molecule has 0 saturated carbocycles. The third-order valence-corrected chi connectivity index (χ3v) is 0.420. The Kier molecular flexibility index (Phi) is 2.19. The summed E-state index contributed by atoms with van der Waals surface area (Å²) in [4.78, 5) is 9.81. The highest BCUT2D eigenvalue weighted by Crippen LogP contribution is 1.72. The number of urea groups is 1. The van der Waals surface area contributed by atoms with E-state index >= 15 is 0 Å². The maximum Gasteiger partial charge on any atom is 0.333 e. The van der Waals surface area contributed by atoms with Crippen LogP contribution in [0.3, 0.4) is 0 Å². The lowest BCUT2D eigenvalue weighted by Gasteiger charge is -2.00. The van der Waals surface area contributed by atoms with Gasteiger partial charge in [0.2, 0.25) is 0 Å². The first-order valence-corrected chi connectivity index (χ1v) is 2.15. The van der Waals surface area contributed by atoms with Crippen molar-refractivity contribution in [1.29, 1.82) is 0 Å². The topological polar surface area (TPSA) is 52.9 Å². The van der Waals surface area contributed by atoms with Crippen LogP contribution in [-0.2, 0) is 0 Å². The highest BCUT2D eigenvalue weighted by molar-refractivity contribution is 5.70. The van der Waals surface area contributed by atoms with Crippen LogP contribution in [0.15, 0.2) is 0 Å². The summed E-state index contributed by atoms with van der Waals surface area (Å²) in [6.07, 6.45) is 0. The van der Waals surface area contributed by atoms with E-state index in [2.05, 4.69) is 5.32 Å². The van der Waals surface area contributed by atoms with Gasteiger partial charge in [0.25, 0.3) is 0 Å². The van der Waals surface area contributed by atoms with Crippen molar-refractivity contribution < 1.29 is 4.79 Å². The maximum atomic E-state index is 9.81. The molecule has 0 spiro atoms. The van der Waals surface area contributed by atoms with Gasteiger partial charge in [-0.1, -0.05) is 0 Å². The minimum atomic E-state index is -0.713. The molecule has 1 radical (unpaired) electrons. The van der Waals surface area contributed by atoms with Gasteiger partial charge in [-0.15, -0.1) is 0 Å². The molecule has 0 rings (SSSR count). The molecular formula is C4H9N2O. The summed E-state index contributed by atoms with van der Waals surface area (Å²) in [5.74, 6) is 0. The molecule has 0 heterocycles. The Morgan fingerprint density at radius 2 is 2.14 bits per heavy atom. The van der Waals surface area contributed by atoms with E-state index in [1.54, 1.807) is 0 Å². The van der Waals surface area contributed by atoms with Crippen LogP contribution in [0.25, 0.3) is 0 Å². The Balaban J connectivity index is 3.13. The minimum absolute atomic E-state index is 0.0880. The summed E-state index contributed by atoms with van der Waals surface area (Å²) in [6, 6.07) is -0.625. The molecule has 3 heteroatoms. The summed E-state index contributed by atoms with van der Waals surface area (Å²) in [5.41, 5.74) is 6.36. The van der Waals surface area contributed by atoms with Crippen molar-refractivity contribution in [2.45, 2.75) is 19.9 Å². The van der Waals surface area contributed by atoms with Gasteiger partial charge in [-0.3, -0.25) is 0 Å². The Hall–Kier alpha value is -0.730. The summed E-state index contributed by atoms with van der Waals surface area (Å²) >= 11 is 0. The van der Waals surface area contributed by atoms with E-state index in [0.29, 0.717) is 0 Å². The second-order valence-corrected chi connectivity index (χ2v) is 1.63. The molecule has 0 aliphatic carbocycles. The molecule has 3 nitrogen and oxygen atoms in total. The van der Waals surface area contributed by atoms with Crippen molar-refractivity contribution in [3.05, 3.63) is 0 Å². The van der Waals surface area contributed by atoms with Crippen LogP contribution >= 0.6 is 0 Å². The van der Waals surface area contributed by atoms with E-state index in [1.165, 1.54) is 0 Å². The zero-order valence-electron chi connectivity index (χ0n) is 4.49. The van der Waals surface area contributed by atoms with Crippen LogP contribution < -0.4 is 11.1 Å². The smallest absolute Gasteiger partial charge is 0.333 e. The summed E-state index contributed by atoms with van der Waals surface area (Å²) in [5, 5.41) is 2.33. The molecule has 0 saturated heterocycles. The summed E-state index contributed by atoms with van der Waals surface area (Å²) < 4.78 is 0. The quantitative estimate of drug-likeness (QED) is 0.510. The van der Waals surface area contributed by atoms with Gasteiger partial charge in [0.1, 0.15) is 0 Å². The third kappa shape index (κ3) is 5.27. The molecule has 0 aromatic rings. The zero-order valence-corrected chi connectivity index (χ0v) is 4.49. The van der Waals surface area contributed by atoms with Crippen LogP contribution in [0.5, 0.6) is 0 Å². The Morgan fingerprint density at radius 3 is 2.14 bits per heavy atom. The fraction of sp³-hybridized carbons (Fsp3) is 0.750. The van der Waals surface area contributed by atoms with E-state index in [-0.39, 0.29) is 6.04 Å². The SMILES string of the molecule is CC(C)NC([NH])=O. The molecule has 0 aromatic heterocycles. The molecule has 7 heavy (non-hydrogen) atoms. The van der Waals surface area contributed by atoms with Gasteiger partial charge in [-0.05, 0) is 13.8 Å². The lowest BCUT2D eigenvalue weighted by molar-refractivity contribution is 0.245. The van der Waals surface area contributed by atoms with Crippen molar-refractivity contribution in [2.75, 3.05) is 0 Å². The molecule has 0 aliphatic heterocycles. The second kappa shape index (κ2) is 2.44. The Labute approximate surface area is 42.9 Å². The van der Waals surface area contributed by atoms with Crippen molar-refractivity contribution in [2.24, 2.45) is 0 Å². The molecular weight excluding hydrogens is 92.1 g/mol. The monoisotopic (exact) mass is 101 g/mol. The number of nitrogens with one attached hydrogen (secondary N) is 2. The minimum Gasteiger partial charge on any atom is -0.335 e. The van der Waals surface area contributed by atoms with Gasteiger partial charge in [0.15, 0.2) is 0 Å². The van der Waals surface area contributed by atoms with Crippen molar-refractivity contribution in [3.63, 3.8) is 0 Å². The van der Waals surface area contributed by atoms with E-state index in [9.17, 15) is 4.79 Å². The fourth-order valence-corrected chi connectivity index (χ4v) is 0.262. The number of amides is 2. The predicted molar refractivity (Wildman–Crippen MR) is 26.8 cm³/mol. The zero-order chi connectivity index (χ0) is 5.86. The Morgan fingerprint density at radius 1 is 1.71 bits per heavy atom. The first-order chi connectivity index (χ1) is 3.13. The third-order valence-electron chi connectivity index (χ3n) is 0.420. The molecule has 0 aromatic carbocycles. The lowest BCUT2D eigenvalue weighted by atomic mass is 10.4. The van der Waals surface area contributed by atoms with E-state index < -0.39 is 6.03 Å². The number of carbonyl (C=O) groups excluding carboxylic acids is 1.